The Morgan fingerprint density at radius 2 is 0.815 bits per heavy atom. The van der Waals surface area contributed by atoms with Gasteiger partial charge in [-0.1, -0.05) is 11.4 Å². The van der Waals surface area contributed by atoms with Gasteiger partial charge in [0, 0.05) is 6.55 Å². The number of rotatable bonds is 12. The molecular formula is C16H42O5Si6. The summed E-state index contributed by atoms with van der Waals surface area (Å²) in [4.78, 5) is 0. The van der Waals surface area contributed by atoms with E-state index in [4.69, 9.17) is 20.6 Å². The molecule has 1 atom stereocenters. The summed E-state index contributed by atoms with van der Waals surface area (Å²) in [6, 6.07) is 0. The van der Waals surface area contributed by atoms with E-state index in [2.05, 4.69) is 85.2 Å². The highest BCUT2D eigenvalue weighted by Crippen LogP contribution is 2.29. The highest BCUT2D eigenvalue weighted by atomic mass is 28.5. The topological polar surface area (TPSA) is 46.2 Å². The predicted octanol–water partition coefficient (Wildman–Crippen LogP) is 5.74. The first-order chi connectivity index (χ1) is 11.7. The van der Waals surface area contributed by atoms with Gasteiger partial charge < -0.3 is 20.6 Å². The fourth-order valence-electron chi connectivity index (χ4n) is 2.93. The Morgan fingerprint density at radius 1 is 0.481 bits per heavy atom. The maximum absolute atomic E-state index is 6.61. The molecule has 0 saturated carbocycles. The van der Waals surface area contributed by atoms with Crippen molar-refractivity contribution < 1.29 is 20.6 Å². The van der Waals surface area contributed by atoms with E-state index >= 15 is 0 Å². The van der Waals surface area contributed by atoms with Crippen LogP contribution in [0.3, 0.4) is 0 Å². The fourth-order valence-corrected chi connectivity index (χ4v) is 28.2. The highest BCUT2D eigenvalue weighted by Gasteiger charge is 2.51. The second kappa shape index (κ2) is 9.16. The SMILES string of the molecule is C=C[Si](C)(C)O[Si](C)(C)O[Si](C)(O[Si](C)(C)C=C)O[Si](C)(C)O[Si](C)(C)C. The molecule has 0 bridgehead atoms. The van der Waals surface area contributed by atoms with E-state index in [9.17, 15) is 0 Å². The first kappa shape index (κ1) is 27.6. The Balaban J connectivity index is 5.74. The minimum atomic E-state index is -3.01. The summed E-state index contributed by atoms with van der Waals surface area (Å²) in [7, 11) is -13.8. The molecule has 0 fully saturated rings. The zero-order valence-electron chi connectivity index (χ0n) is 19.6. The third-order valence-electron chi connectivity index (χ3n) is 3.35. The molecule has 0 aromatic rings. The lowest BCUT2D eigenvalue weighted by atomic mass is 11.3. The van der Waals surface area contributed by atoms with Gasteiger partial charge in [0.2, 0.25) is 8.32 Å². The Hall–Kier alpha value is 0.581. The molecule has 160 valence electrons. The Bertz CT molecular complexity index is 530. The molecule has 0 spiro atoms. The van der Waals surface area contributed by atoms with Crippen LogP contribution in [-0.4, -0.2) is 50.9 Å². The van der Waals surface area contributed by atoms with E-state index in [0.717, 1.165) is 0 Å². The van der Waals surface area contributed by atoms with Gasteiger partial charge in [0.1, 0.15) is 0 Å². The van der Waals surface area contributed by atoms with Crippen molar-refractivity contribution in [3.8, 4) is 0 Å². The maximum atomic E-state index is 6.61. The number of hydrogen-bond acceptors (Lipinski definition) is 5. The van der Waals surface area contributed by atoms with Crippen LogP contribution < -0.4 is 0 Å². The second-order valence-electron chi connectivity index (χ2n) is 9.90. The highest BCUT2D eigenvalue weighted by molar-refractivity contribution is 6.93. The van der Waals surface area contributed by atoms with E-state index in [-0.39, 0.29) is 0 Å². The normalized spacial score (nSPS) is 16.7. The summed E-state index contributed by atoms with van der Waals surface area (Å²) in [5.41, 5.74) is 3.85. The van der Waals surface area contributed by atoms with Crippen molar-refractivity contribution in [3.63, 3.8) is 0 Å². The van der Waals surface area contributed by atoms with Crippen molar-refractivity contribution in [2.75, 3.05) is 0 Å². The summed E-state index contributed by atoms with van der Waals surface area (Å²) in [6.45, 7) is 33.1. The van der Waals surface area contributed by atoms with Gasteiger partial charge in [0.25, 0.3) is 0 Å². The van der Waals surface area contributed by atoms with E-state index in [1.165, 1.54) is 0 Å². The van der Waals surface area contributed by atoms with E-state index in [1.807, 2.05) is 17.9 Å². The van der Waals surface area contributed by atoms with Crippen molar-refractivity contribution in [3.05, 3.63) is 24.6 Å². The van der Waals surface area contributed by atoms with Crippen LogP contribution in [0.1, 0.15) is 0 Å². The third kappa shape index (κ3) is 12.0. The van der Waals surface area contributed by atoms with Crippen LogP contribution in [0.25, 0.3) is 0 Å². The van der Waals surface area contributed by atoms with Crippen molar-refractivity contribution >= 4 is 50.9 Å². The molecule has 0 aliphatic rings. The largest absolute Gasteiger partial charge is 0.469 e. The fraction of sp³-hybridized carbons (Fsp3) is 0.750. The molecule has 0 heterocycles. The van der Waals surface area contributed by atoms with E-state index in [0.29, 0.717) is 0 Å². The van der Waals surface area contributed by atoms with Crippen LogP contribution in [0, 0.1) is 0 Å². The van der Waals surface area contributed by atoms with Gasteiger partial charge in [0.15, 0.2) is 16.6 Å². The molecule has 0 aromatic carbocycles. The van der Waals surface area contributed by atoms with Crippen LogP contribution in [0.4, 0.5) is 0 Å². The van der Waals surface area contributed by atoms with Gasteiger partial charge in [-0.2, -0.15) is 0 Å². The lowest BCUT2D eigenvalue weighted by molar-refractivity contribution is 0.217. The van der Waals surface area contributed by atoms with Crippen molar-refractivity contribution in [1.82, 2.24) is 0 Å². The lowest BCUT2D eigenvalue weighted by Gasteiger charge is -2.44. The lowest BCUT2D eigenvalue weighted by Crippen LogP contribution is -2.63. The first-order valence-electron chi connectivity index (χ1n) is 9.44. The molecule has 11 heteroatoms. The molecular weight excluding hydrogens is 441 g/mol. The second-order valence-corrected chi connectivity index (χ2v) is 32.8. The van der Waals surface area contributed by atoms with E-state index < -0.39 is 50.9 Å². The molecule has 0 aliphatic heterocycles. The van der Waals surface area contributed by atoms with Crippen LogP contribution in [-0.2, 0) is 20.6 Å². The van der Waals surface area contributed by atoms with Gasteiger partial charge in [-0.25, -0.2) is 0 Å². The average Bonchev–Trinajstić information content (AvgIpc) is 2.30. The molecule has 0 saturated heterocycles. The van der Waals surface area contributed by atoms with Crippen molar-refractivity contribution in [2.24, 2.45) is 0 Å². The van der Waals surface area contributed by atoms with Crippen molar-refractivity contribution in [2.45, 2.75) is 78.6 Å². The van der Waals surface area contributed by atoms with Crippen LogP contribution in [0.5, 0.6) is 0 Å². The average molecular weight is 483 g/mol. The maximum Gasteiger partial charge on any atom is 0.469 e. The standard InChI is InChI=1S/C16H42O5Si6/c1-15-23(6,7)18-26(12,13)21-27(14,19-24(8,9)16-2)20-25(10,11)17-22(3,4)5/h15-16H,1-2H2,3-14H3. The van der Waals surface area contributed by atoms with Crippen molar-refractivity contribution in [1.29, 1.82) is 0 Å². The van der Waals surface area contributed by atoms with Gasteiger partial charge in [-0.15, -0.1) is 13.2 Å². The summed E-state index contributed by atoms with van der Waals surface area (Å²) in [5.74, 6) is 0. The molecule has 27 heavy (non-hydrogen) atoms. The molecule has 0 radical (unpaired) electrons. The summed E-state index contributed by atoms with van der Waals surface area (Å²) < 4.78 is 32.6. The van der Waals surface area contributed by atoms with Gasteiger partial charge in [0.05, 0.1) is 0 Å². The van der Waals surface area contributed by atoms with Crippen LogP contribution >= 0.6 is 0 Å². The Kier molecular flexibility index (Phi) is 9.36. The quantitative estimate of drug-likeness (QED) is 0.332. The molecule has 1 unspecified atom stereocenters. The molecule has 0 N–H and O–H groups in total. The molecule has 0 rings (SSSR count). The summed E-state index contributed by atoms with van der Waals surface area (Å²) >= 11 is 0. The predicted molar refractivity (Wildman–Crippen MR) is 131 cm³/mol. The zero-order chi connectivity index (χ0) is 21.9. The summed E-state index contributed by atoms with van der Waals surface area (Å²) in [6.07, 6.45) is 0. The Morgan fingerprint density at radius 3 is 1.15 bits per heavy atom. The monoisotopic (exact) mass is 482 g/mol. The number of hydrogen-bond donors (Lipinski definition) is 0. The minimum absolute atomic E-state index is 1.75. The summed E-state index contributed by atoms with van der Waals surface area (Å²) in [5, 5.41) is 0. The smallest absolute Gasteiger partial charge is 0.437 e. The van der Waals surface area contributed by atoms with Gasteiger partial charge >= 0.3 is 25.9 Å². The molecule has 5 nitrogen and oxygen atoms in total. The van der Waals surface area contributed by atoms with E-state index in [1.54, 1.807) is 0 Å². The van der Waals surface area contributed by atoms with Gasteiger partial charge in [-0.3, -0.25) is 0 Å². The molecule has 0 amide bonds. The third-order valence-corrected chi connectivity index (χ3v) is 24.3. The molecule has 0 aromatic heterocycles. The van der Waals surface area contributed by atoms with Crippen LogP contribution in [0.15, 0.2) is 24.6 Å². The zero-order valence-corrected chi connectivity index (χ0v) is 25.6. The Labute approximate surface area is 174 Å². The minimum Gasteiger partial charge on any atom is -0.437 e. The molecule has 0 aliphatic carbocycles. The first-order valence-corrected chi connectivity index (χ1v) is 26.7. The van der Waals surface area contributed by atoms with Crippen LogP contribution in [0.2, 0.25) is 78.6 Å². The van der Waals surface area contributed by atoms with Gasteiger partial charge in [-0.05, 0) is 72.0 Å².